The number of rotatable bonds is 28. The van der Waals surface area contributed by atoms with Crippen LogP contribution in [0.25, 0.3) is 11.1 Å². The van der Waals surface area contributed by atoms with Crippen molar-refractivity contribution < 1.29 is 103 Å². The zero-order valence-corrected chi connectivity index (χ0v) is 47.8. The average molecular weight is 1290 g/mol. The van der Waals surface area contributed by atoms with Crippen LogP contribution >= 0.6 is 0 Å². The van der Waals surface area contributed by atoms with Crippen LogP contribution in [-0.4, -0.2) is 46.9 Å². The van der Waals surface area contributed by atoms with Crippen molar-refractivity contribution in [3.8, 4) is 22.6 Å². The lowest BCUT2D eigenvalue weighted by atomic mass is 9.70. The molecule has 6 aromatic carbocycles. The largest absolute Gasteiger partial charge is 0.416 e. The summed E-state index contributed by atoms with van der Waals surface area (Å²) in [6.45, 7) is -0.529. The predicted molar refractivity (Wildman–Crippen MR) is 285 cm³/mol. The minimum absolute atomic E-state index is 0.234. The van der Waals surface area contributed by atoms with Crippen LogP contribution in [0.15, 0.2) is 153 Å². The van der Waals surface area contributed by atoms with Gasteiger partial charge in [-0.2, -0.15) is 86.4 Å². The summed E-state index contributed by atoms with van der Waals surface area (Å²) in [5.41, 5.74) is -3.24. The third-order valence-electron chi connectivity index (χ3n) is 14.1. The maximum atomic E-state index is 13.6. The van der Waals surface area contributed by atoms with Gasteiger partial charge in [0.1, 0.15) is 21.3 Å². The van der Waals surface area contributed by atoms with Crippen LogP contribution in [0.4, 0.5) is 52.7 Å². The zero-order valence-electron chi connectivity index (χ0n) is 44.6. The highest BCUT2D eigenvalue weighted by Crippen LogP contribution is 2.56. The van der Waals surface area contributed by atoms with E-state index in [1.807, 2.05) is 0 Å². The van der Waals surface area contributed by atoms with Crippen LogP contribution in [0.2, 0.25) is 0 Å². The summed E-state index contributed by atoms with van der Waals surface area (Å²) in [6, 6.07) is 19.7. The second-order valence-corrected chi connectivity index (χ2v) is 26.3. The molecule has 0 saturated carbocycles. The fourth-order valence-corrected chi connectivity index (χ4v) is 13.5. The molecule has 12 nitrogen and oxygen atoms in total. The van der Waals surface area contributed by atoms with Crippen LogP contribution in [0.3, 0.4) is 0 Å². The molecule has 1 aliphatic carbocycles. The van der Waals surface area contributed by atoms with E-state index in [9.17, 15) is 86.4 Å². The van der Waals surface area contributed by atoms with E-state index in [-0.39, 0.29) is 37.6 Å². The molecule has 0 aromatic heterocycles. The lowest BCUT2D eigenvalue weighted by Gasteiger charge is -2.33. The average Bonchev–Trinajstić information content (AvgIpc) is 1.61. The Labute approximate surface area is 483 Å². The third-order valence-corrected chi connectivity index (χ3v) is 19.2. The van der Waals surface area contributed by atoms with Crippen LogP contribution in [0.5, 0.6) is 11.5 Å². The van der Waals surface area contributed by atoms with Gasteiger partial charge in [0.2, 0.25) is 0 Å². The van der Waals surface area contributed by atoms with Crippen molar-refractivity contribution in [2.45, 2.75) is 140 Å². The number of benzene rings is 6. The van der Waals surface area contributed by atoms with Gasteiger partial charge in [-0.3, -0.25) is 8.37 Å². The van der Waals surface area contributed by atoms with Gasteiger partial charge in [-0.1, -0.05) is 76.3 Å². The van der Waals surface area contributed by atoms with Crippen molar-refractivity contribution in [2.24, 2.45) is 0 Å². The van der Waals surface area contributed by atoms with Crippen molar-refractivity contribution >= 4 is 40.5 Å². The lowest BCUT2D eigenvalue weighted by Crippen LogP contribution is -2.26. The highest BCUT2D eigenvalue weighted by Gasteiger charge is 2.44. The second kappa shape index (κ2) is 26.4. The molecule has 28 heteroatoms. The van der Waals surface area contributed by atoms with E-state index in [4.69, 9.17) is 16.7 Å². The quantitative estimate of drug-likeness (QED) is 0.0259. The topological polar surface area (TPSA) is 173 Å². The standard InChI is InChI=1S/C57H54F12O12S4/c58-54(59,60)39-13-23-45(24-14-39)82(70,71)78-35-11-7-3-1-5-9-33-53(34-10-6-2-4-8-12-36-79-83(72,73)46-25-15-40(16-26-46)55(61,62)63)51-37-43(80-84(74,75)47-27-17-41(18-28-47)56(64,65)66)21-31-49(51)50-32-22-44(38-52(50)53)81-85(76,77)48-29-19-42(20-30-48)57(67,68)69/h13-32,37-38H,1-12,33-36H2. The normalized spacial score (nSPS) is 14.0. The van der Waals surface area contributed by atoms with Crippen LogP contribution in [0.1, 0.15) is 123 Å². The predicted octanol–water partition coefficient (Wildman–Crippen LogP) is 15.8. The molecule has 0 bridgehead atoms. The summed E-state index contributed by atoms with van der Waals surface area (Å²) in [6.07, 6.45) is -12.5. The van der Waals surface area contributed by atoms with E-state index < -0.39 is 112 Å². The first-order valence-electron chi connectivity index (χ1n) is 26.3. The van der Waals surface area contributed by atoms with Crippen LogP contribution in [-0.2, 0) is 79.0 Å². The Morgan fingerprint density at radius 1 is 0.306 bits per heavy atom. The zero-order chi connectivity index (χ0) is 62.3. The molecule has 0 atom stereocenters. The molecule has 0 amide bonds. The fraction of sp³-hybridized carbons (Fsp3) is 0.368. The first kappa shape index (κ1) is 66.3. The number of alkyl halides is 12. The van der Waals surface area contributed by atoms with Crippen molar-refractivity contribution in [2.75, 3.05) is 13.2 Å². The van der Waals surface area contributed by atoms with E-state index in [0.717, 1.165) is 48.5 Å². The van der Waals surface area contributed by atoms with Gasteiger partial charge in [0.25, 0.3) is 20.2 Å². The summed E-state index contributed by atoms with van der Waals surface area (Å²) >= 11 is 0. The van der Waals surface area contributed by atoms with Gasteiger partial charge in [-0.15, -0.1) is 0 Å². The van der Waals surface area contributed by atoms with Gasteiger partial charge in [0.15, 0.2) is 0 Å². The smallest absolute Gasteiger partial charge is 0.379 e. The Morgan fingerprint density at radius 3 is 0.824 bits per heavy atom. The maximum Gasteiger partial charge on any atom is 0.416 e. The van der Waals surface area contributed by atoms with E-state index in [0.29, 0.717) is 148 Å². The molecule has 0 N–H and O–H groups in total. The van der Waals surface area contributed by atoms with Crippen LogP contribution < -0.4 is 8.37 Å². The van der Waals surface area contributed by atoms with E-state index in [1.165, 1.54) is 24.3 Å². The van der Waals surface area contributed by atoms with Gasteiger partial charge in [-0.25, -0.2) is 0 Å². The molecule has 0 radical (unpaired) electrons. The number of hydrogen-bond donors (Lipinski definition) is 0. The molecule has 462 valence electrons. The fourth-order valence-electron chi connectivity index (χ4n) is 9.76. The molecular formula is C57H54F12O12S4. The van der Waals surface area contributed by atoms with Gasteiger partial charge in [0.05, 0.1) is 45.3 Å². The summed E-state index contributed by atoms with van der Waals surface area (Å²) in [4.78, 5) is -2.09. The van der Waals surface area contributed by atoms with Crippen molar-refractivity contribution in [3.05, 3.63) is 167 Å². The summed E-state index contributed by atoms with van der Waals surface area (Å²) < 4.78 is 285. The van der Waals surface area contributed by atoms with Crippen molar-refractivity contribution in [1.29, 1.82) is 0 Å². The first-order valence-corrected chi connectivity index (χ1v) is 31.9. The summed E-state index contributed by atoms with van der Waals surface area (Å²) in [5, 5.41) is 0. The third kappa shape index (κ3) is 17.1. The molecule has 7 rings (SSSR count). The highest BCUT2D eigenvalue weighted by molar-refractivity contribution is 7.87. The van der Waals surface area contributed by atoms with Gasteiger partial charge in [-0.05, 0) is 169 Å². The molecule has 1 aliphatic rings. The summed E-state index contributed by atoms with van der Waals surface area (Å²) in [7, 11) is -18.3. The molecule has 85 heavy (non-hydrogen) atoms. The monoisotopic (exact) mass is 1290 g/mol. The molecule has 0 fully saturated rings. The minimum Gasteiger partial charge on any atom is -0.379 e. The number of halogens is 12. The van der Waals surface area contributed by atoms with Crippen LogP contribution in [0, 0.1) is 0 Å². The van der Waals surface area contributed by atoms with Crippen molar-refractivity contribution in [3.63, 3.8) is 0 Å². The molecule has 0 spiro atoms. The Morgan fingerprint density at radius 2 is 0.553 bits per heavy atom. The Balaban J connectivity index is 1.10. The van der Waals surface area contributed by atoms with Gasteiger partial charge >= 0.3 is 44.9 Å². The number of hydrogen-bond acceptors (Lipinski definition) is 12. The maximum absolute atomic E-state index is 13.6. The molecule has 0 heterocycles. The summed E-state index contributed by atoms with van der Waals surface area (Å²) in [5.74, 6) is -0.468. The first-order chi connectivity index (χ1) is 39.6. The molecule has 0 unspecified atom stereocenters. The van der Waals surface area contributed by atoms with Gasteiger partial charge in [0, 0.05) is 5.41 Å². The van der Waals surface area contributed by atoms with Crippen molar-refractivity contribution in [1.82, 2.24) is 0 Å². The second-order valence-electron chi connectivity index (χ2n) is 20.0. The minimum atomic E-state index is -4.77. The van der Waals surface area contributed by atoms with E-state index >= 15 is 0 Å². The molecule has 0 saturated heterocycles. The SMILES string of the molecule is O=S(=O)(OCCCCCCCCC1(CCCCCCCCOS(=O)(=O)c2ccc(C(F)(F)F)cc2)c2cc(OS(=O)(=O)c3ccc(C(F)(F)F)cc3)ccc2-c2ccc(OS(=O)(=O)c3ccc(C(F)(F)F)cc3)cc21)c1ccc(C(F)(F)F)cc1. The Bertz CT molecular complexity index is 3480. The Hall–Kier alpha value is -6.20. The molecule has 0 aliphatic heterocycles. The highest BCUT2D eigenvalue weighted by atomic mass is 32.2. The number of unbranched alkanes of at least 4 members (excludes halogenated alkanes) is 10. The lowest BCUT2D eigenvalue weighted by molar-refractivity contribution is -0.138. The van der Waals surface area contributed by atoms with E-state index in [1.54, 1.807) is 12.1 Å². The molecular weight excluding hydrogens is 1230 g/mol. The molecule has 6 aromatic rings. The number of fused-ring (bicyclic) bond motifs is 3. The Kier molecular flexibility index (Phi) is 20.6. The van der Waals surface area contributed by atoms with E-state index in [2.05, 4.69) is 0 Å². The van der Waals surface area contributed by atoms with Gasteiger partial charge < -0.3 is 8.37 Å².